The van der Waals surface area contributed by atoms with E-state index in [1.165, 1.54) is 14.2 Å². The molecular weight excluding hydrogens is 224 g/mol. The fourth-order valence-corrected chi connectivity index (χ4v) is 1.87. The number of esters is 2. The summed E-state index contributed by atoms with van der Waals surface area (Å²) >= 11 is 0. The van der Waals surface area contributed by atoms with Crippen molar-refractivity contribution in [1.82, 2.24) is 4.90 Å². The number of hydrogen-bond donors (Lipinski definition) is 0. The van der Waals surface area contributed by atoms with E-state index in [0.29, 0.717) is 18.5 Å². The van der Waals surface area contributed by atoms with E-state index in [4.69, 9.17) is 5.26 Å². The summed E-state index contributed by atoms with van der Waals surface area (Å²) < 4.78 is 9.17. The van der Waals surface area contributed by atoms with Crippen LogP contribution < -0.4 is 0 Å². The molecule has 1 atom stereocenters. The molecule has 0 unspecified atom stereocenters. The number of allylic oxidation sites excluding steroid dienone is 1. The number of methoxy groups -OCH3 is 2. The second kappa shape index (κ2) is 5.34. The van der Waals surface area contributed by atoms with Gasteiger partial charge in [-0.25, -0.2) is 9.59 Å². The number of nitrogens with zero attached hydrogens (tertiary/aromatic N) is 2. The molecule has 1 aliphatic heterocycles. The Morgan fingerprint density at radius 3 is 2.53 bits per heavy atom. The van der Waals surface area contributed by atoms with Gasteiger partial charge in [0.1, 0.15) is 12.1 Å². The van der Waals surface area contributed by atoms with Crippen molar-refractivity contribution in [2.24, 2.45) is 0 Å². The van der Waals surface area contributed by atoms with Gasteiger partial charge in [0.25, 0.3) is 0 Å². The maximum absolute atomic E-state index is 11.4. The van der Waals surface area contributed by atoms with Gasteiger partial charge in [-0.2, -0.15) is 5.26 Å². The van der Waals surface area contributed by atoms with Gasteiger partial charge in [-0.3, -0.25) is 0 Å². The monoisotopic (exact) mass is 238 g/mol. The zero-order chi connectivity index (χ0) is 13.0. The number of carbonyl (C=O) groups is 2. The highest BCUT2D eigenvalue weighted by Crippen LogP contribution is 2.29. The molecule has 1 saturated heterocycles. The SMILES string of the molecule is COC(=O)C(C#N)=C1CC[C@@H](C(=O)OC)N1C. The van der Waals surface area contributed by atoms with E-state index >= 15 is 0 Å². The van der Waals surface area contributed by atoms with Crippen molar-refractivity contribution in [3.8, 4) is 6.07 Å². The fourth-order valence-electron chi connectivity index (χ4n) is 1.87. The predicted molar refractivity (Wildman–Crippen MR) is 57.5 cm³/mol. The van der Waals surface area contributed by atoms with Crippen LogP contribution in [-0.2, 0) is 19.1 Å². The molecule has 0 amide bonds. The molecule has 0 radical (unpaired) electrons. The molecule has 1 heterocycles. The maximum atomic E-state index is 11.4. The number of likely N-dealkylation sites (N-methyl/N-ethyl adjacent to an activating group) is 1. The third-order valence-electron chi connectivity index (χ3n) is 2.81. The van der Waals surface area contributed by atoms with Gasteiger partial charge in [0.2, 0.25) is 0 Å². The first kappa shape index (κ1) is 13.0. The highest BCUT2D eigenvalue weighted by Gasteiger charge is 2.35. The van der Waals surface area contributed by atoms with Gasteiger partial charge in [0.05, 0.1) is 14.2 Å². The lowest BCUT2D eigenvalue weighted by Gasteiger charge is -2.21. The largest absolute Gasteiger partial charge is 0.467 e. The molecule has 17 heavy (non-hydrogen) atoms. The molecule has 0 spiro atoms. The lowest BCUT2D eigenvalue weighted by atomic mass is 10.1. The Balaban J connectivity index is 3.03. The van der Waals surface area contributed by atoms with E-state index in [1.807, 2.05) is 6.07 Å². The minimum Gasteiger partial charge on any atom is -0.467 e. The van der Waals surface area contributed by atoms with Gasteiger partial charge in [-0.05, 0) is 12.8 Å². The number of nitriles is 1. The summed E-state index contributed by atoms with van der Waals surface area (Å²) in [6.07, 6.45) is 1.01. The summed E-state index contributed by atoms with van der Waals surface area (Å²) in [4.78, 5) is 24.4. The van der Waals surface area contributed by atoms with Crippen molar-refractivity contribution >= 4 is 11.9 Å². The van der Waals surface area contributed by atoms with Crippen LogP contribution in [0.2, 0.25) is 0 Å². The Hall–Kier alpha value is -2.03. The number of likely N-dealkylation sites (tertiary alicyclic amines) is 1. The van der Waals surface area contributed by atoms with Gasteiger partial charge < -0.3 is 14.4 Å². The molecule has 6 heteroatoms. The Bertz CT molecular complexity index is 408. The maximum Gasteiger partial charge on any atom is 0.350 e. The van der Waals surface area contributed by atoms with Crippen molar-refractivity contribution in [2.75, 3.05) is 21.3 Å². The topological polar surface area (TPSA) is 79.6 Å². The Morgan fingerprint density at radius 1 is 1.41 bits per heavy atom. The molecule has 0 aromatic heterocycles. The Morgan fingerprint density at radius 2 is 2.06 bits per heavy atom. The van der Waals surface area contributed by atoms with Gasteiger partial charge in [0, 0.05) is 12.7 Å². The molecule has 1 rings (SSSR count). The summed E-state index contributed by atoms with van der Waals surface area (Å²) in [5.74, 6) is -1.05. The second-order valence-corrected chi connectivity index (χ2v) is 3.61. The van der Waals surface area contributed by atoms with Crippen molar-refractivity contribution < 1.29 is 19.1 Å². The minimum absolute atomic E-state index is 0.0543. The van der Waals surface area contributed by atoms with Crippen molar-refractivity contribution in [1.29, 1.82) is 5.26 Å². The third kappa shape index (κ3) is 2.38. The van der Waals surface area contributed by atoms with E-state index in [0.717, 1.165) is 0 Å². The molecular formula is C11H14N2O4. The summed E-state index contributed by atoms with van der Waals surface area (Å²) in [6.45, 7) is 0. The van der Waals surface area contributed by atoms with Crippen LogP contribution in [0.1, 0.15) is 12.8 Å². The van der Waals surface area contributed by atoms with E-state index in [1.54, 1.807) is 11.9 Å². The first-order valence-corrected chi connectivity index (χ1v) is 5.09. The molecule has 1 fully saturated rings. The average molecular weight is 238 g/mol. The number of rotatable bonds is 2. The van der Waals surface area contributed by atoms with E-state index < -0.39 is 12.0 Å². The normalized spacial score (nSPS) is 21.8. The first-order chi connectivity index (χ1) is 8.06. The first-order valence-electron chi connectivity index (χ1n) is 5.09. The Kier molecular flexibility index (Phi) is 4.10. The van der Waals surface area contributed by atoms with Gasteiger partial charge in [0.15, 0.2) is 5.57 Å². The predicted octanol–water partition coefficient (Wildman–Crippen LogP) is 0.204. The van der Waals surface area contributed by atoms with Crippen LogP contribution in [0.3, 0.4) is 0 Å². The lowest BCUT2D eigenvalue weighted by Crippen LogP contribution is -2.33. The number of carbonyl (C=O) groups excluding carboxylic acids is 2. The summed E-state index contributed by atoms with van der Waals surface area (Å²) in [6, 6.07) is 1.37. The number of ether oxygens (including phenoxy) is 2. The van der Waals surface area contributed by atoms with E-state index in [2.05, 4.69) is 9.47 Å². The van der Waals surface area contributed by atoms with Crippen molar-refractivity contribution in [2.45, 2.75) is 18.9 Å². The van der Waals surface area contributed by atoms with Gasteiger partial charge in [-0.15, -0.1) is 0 Å². The standard InChI is InChI=1S/C11H14N2O4/c1-13-8(7(6-12)10(14)16-2)4-5-9(13)11(15)17-3/h9H,4-5H2,1-3H3/t9-/m0/s1. The average Bonchev–Trinajstić information content (AvgIpc) is 2.71. The molecule has 0 saturated carbocycles. The van der Waals surface area contributed by atoms with Crippen LogP contribution in [0, 0.1) is 11.3 Å². The zero-order valence-electron chi connectivity index (χ0n) is 10.0. The quantitative estimate of drug-likeness (QED) is 0.388. The molecule has 0 N–H and O–H groups in total. The molecule has 92 valence electrons. The smallest absolute Gasteiger partial charge is 0.350 e. The molecule has 0 aromatic rings. The fraction of sp³-hybridized carbons (Fsp3) is 0.545. The highest BCUT2D eigenvalue weighted by molar-refractivity contribution is 5.93. The Labute approximate surface area is 99.4 Å². The molecule has 0 aliphatic carbocycles. The summed E-state index contributed by atoms with van der Waals surface area (Å²) in [5.41, 5.74) is 0.469. The van der Waals surface area contributed by atoms with Crippen molar-refractivity contribution in [3.63, 3.8) is 0 Å². The third-order valence-corrected chi connectivity index (χ3v) is 2.81. The zero-order valence-corrected chi connectivity index (χ0v) is 10.0. The highest BCUT2D eigenvalue weighted by atomic mass is 16.5. The second-order valence-electron chi connectivity index (χ2n) is 3.61. The van der Waals surface area contributed by atoms with Gasteiger partial charge >= 0.3 is 11.9 Å². The summed E-state index contributed by atoms with van der Waals surface area (Å²) in [5, 5.41) is 8.94. The van der Waals surface area contributed by atoms with E-state index in [9.17, 15) is 9.59 Å². The number of hydrogen-bond acceptors (Lipinski definition) is 6. The molecule has 1 aliphatic rings. The van der Waals surface area contributed by atoms with E-state index in [-0.39, 0.29) is 11.5 Å². The van der Waals surface area contributed by atoms with Crippen molar-refractivity contribution in [3.05, 3.63) is 11.3 Å². The molecule has 0 bridgehead atoms. The lowest BCUT2D eigenvalue weighted by molar-refractivity contribution is -0.145. The molecule has 0 aromatic carbocycles. The molecule has 6 nitrogen and oxygen atoms in total. The van der Waals surface area contributed by atoms with Crippen LogP contribution in [0.25, 0.3) is 0 Å². The minimum atomic E-state index is -0.681. The van der Waals surface area contributed by atoms with Crippen LogP contribution >= 0.6 is 0 Å². The van der Waals surface area contributed by atoms with Gasteiger partial charge in [-0.1, -0.05) is 0 Å². The van der Waals surface area contributed by atoms with Crippen LogP contribution in [-0.4, -0.2) is 44.1 Å². The summed E-state index contributed by atoms with van der Waals surface area (Å²) in [7, 11) is 4.18. The van der Waals surface area contributed by atoms with Crippen LogP contribution in [0.15, 0.2) is 11.3 Å². The van der Waals surface area contributed by atoms with Crippen LogP contribution in [0.5, 0.6) is 0 Å². The van der Waals surface area contributed by atoms with Crippen LogP contribution in [0.4, 0.5) is 0 Å².